The van der Waals surface area contributed by atoms with E-state index in [9.17, 15) is 24.6 Å². The van der Waals surface area contributed by atoms with E-state index in [-0.39, 0.29) is 11.7 Å². The fourth-order valence-electron chi connectivity index (χ4n) is 3.02. The van der Waals surface area contributed by atoms with Gasteiger partial charge in [-0.1, -0.05) is 50.2 Å². The van der Waals surface area contributed by atoms with E-state index in [0.717, 1.165) is 0 Å². The van der Waals surface area contributed by atoms with Crippen molar-refractivity contribution in [2.75, 3.05) is 0 Å². The van der Waals surface area contributed by atoms with Crippen LogP contribution in [0.25, 0.3) is 0 Å². The second-order valence-electron chi connectivity index (χ2n) is 8.64. The van der Waals surface area contributed by atoms with Crippen molar-refractivity contribution in [2.45, 2.75) is 58.7 Å². The van der Waals surface area contributed by atoms with E-state index in [1.807, 2.05) is 13.8 Å². The monoisotopic (exact) mass is 396 g/mol. The highest BCUT2D eigenvalue weighted by atomic mass is 16.3. The van der Waals surface area contributed by atoms with Gasteiger partial charge in [0.2, 0.25) is 0 Å². The highest BCUT2D eigenvalue weighted by Crippen LogP contribution is 2.26. The van der Waals surface area contributed by atoms with E-state index >= 15 is 0 Å². The third kappa shape index (κ3) is 5.05. The van der Waals surface area contributed by atoms with E-state index in [1.165, 1.54) is 39.8 Å². The van der Waals surface area contributed by atoms with Gasteiger partial charge in [0, 0.05) is 22.3 Å². The SMILES string of the molecule is CC(C)c1cc(C(=O)C(C)(C)O)ccc1C(=O)c1ccc(C(=O)C(C)(C)O)cc1. The Balaban J connectivity index is 2.42. The molecule has 0 aliphatic heterocycles. The minimum absolute atomic E-state index is 0.0143. The predicted molar refractivity (Wildman–Crippen MR) is 112 cm³/mol. The normalized spacial score (nSPS) is 12.2. The lowest BCUT2D eigenvalue weighted by molar-refractivity contribution is 0.0487. The van der Waals surface area contributed by atoms with Crippen molar-refractivity contribution < 1.29 is 24.6 Å². The molecule has 0 aliphatic carbocycles. The molecule has 2 aromatic rings. The number of hydrogen-bond donors (Lipinski definition) is 2. The summed E-state index contributed by atoms with van der Waals surface area (Å²) in [4.78, 5) is 37.6. The maximum atomic E-state index is 13.1. The van der Waals surface area contributed by atoms with Gasteiger partial charge in [0.1, 0.15) is 11.2 Å². The van der Waals surface area contributed by atoms with Crippen molar-refractivity contribution in [3.05, 3.63) is 70.3 Å². The summed E-state index contributed by atoms with van der Waals surface area (Å²) in [5.41, 5.74) is -0.730. The van der Waals surface area contributed by atoms with Crippen LogP contribution in [0.4, 0.5) is 0 Å². The van der Waals surface area contributed by atoms with Gasteiger partial charge in [-0.05, 0) is 45.2 Å². The number of benzene rings is 2. The van der Waals surface area contributed by atoms with Crippen molar-refractivity contribution in [1.29, 1.82) is 0 Å². The van der Waals surface area contributed by atoms with Crippen LogP contribution in [0.2, 0.25) is 0 Å². The first-order chi connectivity index (χ1) is 13.2. The largest absolute Gasteiger partial charge is 0.382 e. The molecule has 0 unspecified atom stereocenters. The van der Waals surface area contributed by atoms with Gasteiger partial charge >= 0.3 is 0 Å². The number of Topliss-reactive ketones (excluding diaryl/α,β-unsaturated/α-hetero) is 2. The number of hydrogen-bond acceptors (Lipinski definition) is 5. The second-order valence-corrected chi connectivity index (χ2v) is 8.64. The molecular formula is C24H28O5. The molecule has 2 N–H and O–H groups in total. The predicted octanol–water partition coefficient (Wildman–Crippen LogP) is 3.95. The zero-order chi connectivity index (χ0) is 22.1. The van der Waals surface area contributed by atoms with Gasteiger partial charge in [-0.25, -0.2) is 0 Å². The van der Waals surface area contributed by atoms with Gasteiger partial charge in [0.15, 0.2) is 17.3 Å². The Morgan fingerprint density at radius 3 is 1.59 bits per heavy atom. The molecule has 0 radical (unpaired) electrons. The smallest absolute Gasteiger partial charge is 0.193 e. The quantitative estimate of drug-likeness (QED) is 0.692. The third-order valence-electron chi connectivity index (χ3n) is 4.70. The first-order valence-electron chi connectivity index (χ1n) is 9.56. The molecule has 0 saturated carbocycles. The summed E-state index contributed by atoms with van der Waals surface area (Å²) >= 11 is 0. The van der Waals surface area contributed by atoms with Crippen molar-refractivity contribution in [3.63, 3.8) is 0 Å². The van der Waals surface area contributed by atoms with Crippen LogP contribution in [0, 0.1) is 0 Å². The lowest BCUT2D eigenvalue weighted by Crippen LogP contribution is -2.31. The van der Waals surface area contributed by atoms with E-state index in [1.54, 1.807) is 30.3 Å². The molecular weight excluding hydrogens is 368 g/mol. The Morgan fingerprint density at radius 1 is 0.724 bits per heavy atom. The lowest BCUT2D eigenvalue weighted by atomic mass is 9.87. The Labute approximate surface area is 171 Å². The first kappa shape index (κ1) is 22.7. The third-order valence-corrected chi connectivity index (χ3v) is 4.70. The summed E-state index contributed by atoms with van der Waals surface area (Å²) in [5.74, 6) is -1.07. The number of carbonyl (C=O) groups is 3. The highest BCUT2D eigenvalue weighted by Gasteiger charge is 2.28. The standard InChI is InChI=1S/C24H28O5/c1-14(2)19-13-17(22(27)24(5,6)29)11-12-18(19)20(25)15-7-9-16(10-8-15)21(26)23(3,4)28/h7-14,28-29H,1-6H3. The molecule has 0 aliphatic rings. The molecule has 0 amide bonds. The van der Waals surface area contributed by atoms with E-state index in [2.05, 4.69) is 0 Å². The minimum atomic E-state index is -1.50. The summed E-state index contributed by atoms with van der Waals surface area (Å²) in [6.45, 7) is 9.55. The first-order valence-corrected chi connectivity index (χ1v) is 9.56. The molecule has 0 spiro atoms. The van der Waals surface area contributed by atoms with E-state index < -0.39 is 22.8 Å². The zero-order valence-electron chi connectivity index (χ0n) is 17.7. The molecule has 2 rings (SSSR count). The van der Waals surface area contributed by atoms with Crippen LogP contribution in [0.15, 0.2) is 42.5 Å². The molecule has 29 heavy (non-hydrogen) atoms. The van der Waals surface area contributed by atoms with Gasteiger partial charge in [0.25, 0.3) is 0 Å². The number of rotatable bonds is 7. The van der Waals surface area contributed by atoms with Gasteiger partial charge in [-0.15, -0.1) is 0 Å². The maximum absolute atomic E-state index is 13.1. The molecule has 2 aromatic carbocycles. The summed E-state index contributed by atoms with van der Waals surface area (Å²) in [6.07, 6.45) is 0. The van der Waals surface area contributed by atoms with Crippen molar-refractivity contribution in [1.82, 2.24) is 0 Å². The lowest BCUT2D eigenvalue weighted by Gasteiger charge is -2.19. The van der Waals surface area contributed by atoms with Crippen molar-refractivity contribution >= 4 is 17.3 Å². The number of ketones is 3. The molecule has 0 bridgehead atoms. The molecule has 0 saturated heterocycles. The van der Waals surface area contributed by atoms with Gasteiger partial charge in [0.05, 0.1) is 0 Å². The van der Waals surface area contributed by atoms with Crippen LogP contribution in [-0.4, -0.2) is 38.8 Å². The van der Waals surface area contributed by atoms with Gasteiger partial charge in [-0.3, -0.25) is 14.4 Å². The van der Waals surface area contributed by atoms with Crippen LogP contribution >= 0.6 is 0 Å². The summed E-state index contributed by atoms with van der Waals surface area (Å²) < 4.78 is 0. The van der Waals surface area contributed by atoms with Crippen LogP contribution in [0.3, 0.4) is 0 Å². The molecule has 0 atom stereocenters. The summed E-state index contributed by atoms with van der Waals surface area (Å²) in [6, 6.07) is 11.0. The molecule has 0 aromatic heterocycles. The average molecular weight is 396 g/mol. The second kappa shape index (κ2) is 8.01. The summed E-state index contributed by atoms with van der Waals surface area (Å²) in [5, 5.41) is 19.9. The fraction of sp³-hybridized carbons (Fsp3) is 0.375. The van der Waals surface area contributed by atoms with Crippen LogP contribution in [0.1, 0.15) is 89.7 Å². The Hall–Kier alpha value is -2.63. The van der Waals surface area contributed by atoms with Gasteiger partial charge in [-0.2, -0.15) is 0 Å². The number of aliphatic hydroxyl groups is 2. The Bertz CT molecular complexity index is 939. The molecule has 0 heterocycles. The molecule has 0 fully saturated rings. The Morgan fingerprint density at radius 2 is 1.14 bits per heavy atom. The Kier molecular flexibility index (Phi) is 6.26. The van der Waals surface area contributed by atoms with Crippen LogP contribution in [0.5, 0.6) is 0 Å². The maximum Gasteiger partial charge on any atom is 0.193 e. The van der Waals surface area contributed by atoms with Crippen molar-refractivity contribution in [3.8, 4) is 0 Å². The van der Waals surface area contributed by atoms with Gasteiger partial charge < -0.3 is 10.2 Å². The van der Waals surface area contributed by atoms with Crippen molar-refractivity contribution in [2.24, 2.45) is 0 Å². The minimum Gasteiger partial charge on any atom is -0.382 e. The van der Waals surface area contributed by atoms with Crippen LogP contribution in [-0.2, 0) is 0 Å². The molecule has 154 valence electrons. The zero-order valence-corrected chi connectivity index (χ0v) is 17.7. The summed E-state index contributed by atoms with van der Waals surface area (Å²) in [7, 11) is 0. The van der Waals surface area contributed by atoms with Crippen LogP contribution < -0.4 is 0 Å². The number of carbonyl (C=O) groups excluding carboxylic acids is 3. The fourth-order valence-corrected chi connectivity index (χ4v) is 3.02. The molecule has 5 heteroatoms. The topological polar surface area (TPSA) is 91.7 Å². The molecule has 5 nitrogen and oxygen atoms in total. The average Bonchev–Trinajstić information content (AvgIpc) is 2.64. The van der Waals surface area contributed by atoms with E-state index in [4.69, 9.17) is 0 Å². The highest BCUT2D eigenvalue weighted by molar-refractivity contribution is 6.11. The van der Waals surface area contributed by atoms with E-state index in [0.29, 0.717) is 27.8 Å².